The van der Waals surface area contributed by atoms with Gasteiger partial charge in [-0.15, -0.1) is 0 Å². The lowest BCUT2D eigenvalue weighted by Crippen LogP contribution is -1.96. The van der Waals surface area contributed by atoms with Gasteiger partial charge < -0.3 is 4.79 Å². The highest BCUT2D eigenvalue weighted by Gasteiger charge is 2.45. The zero-order chi connectivity index (χ0) is 7.07. The molecule has 0 aromatic heterocycles. The Morgan fingerprint density at radius 2 is 2.11 bits per heavy atom. The number of ketones is 1. The van der Waals surface area contributed by atoms with Gasteiger partial charge in [0.15, 0.2) is 0 Å². The van der Waals surface area contributed by atoms with E-state index in [1.807, 2.05) is 0 Å². The van der Waals surface area contributed by atoms with Crippen molar-refractivity contribution in [1.29, 1.82) is 0 Å². The molecule has 0 N–H and O–H groups in total. The Morgan fingerprint density at radius 3 is 2.22 bits per heavy atom. The van der Waals surface area contributed by atoms with Crippen molar-refractivity contribution in [2.75, 3.05) is 0 Å². The van der Waals surface area contributed by atoms with E-state index in [9.17, 15) is 4.79 Å². The normalized spacial score (nSPS) is 29.9. The highest BCUT2D eigenvalue weighted by molar-refractivity contribution is 5.76. The summed E-state index contributed by atoms with van der Waals surface area (Å²) in [5, 5.41) is 0. The minimum atomic E-state index is 0.338. The molecule has 1 nitrogen and oxygen atoms in total. The lowest BCUT2D eigenvalue weighted by atomic mass is 10.1. The fourth-order valence-corrected chi connectivity index (χ4v) is 1.27. The summed E-state index contributed by atoms with van der Waals surface area (Å²) >= 11 is 0. The van der Waals surface area contributed by atoms with E-state index in [0.717, 1.165) is 6.42 Å². The first-order valence-electron chi connectivity index (χ1n) is 3.52. The van der Waals surface area contributed by atoms with E-state index in [1.165, 1.54) is 6.42 Å². The van der Waals surface area contributed by atoms with Gasteiger partial charge in [-0.05, 0) is 24.7 Å². The van der Waals surface area contributed by atoms with Gasteiger partial charge in [0.1, 0.15) is 5.78 Å². The molecule has 0 spiro atoms. The van der Waals surface area contributed by atoms with Crippen LogP contribution in [0.4, 0.5) is 0 Å². The quantitative estimate of drug-likeness (QED) is 0.553. The smallest absolute Gasteiger partial charge is 0.130 e. The zero-order valence-corrected chi connectivity index (χ0v) is 6.40. The Kier molecular flexibility index (Phi) is 1.38. The van der Waals surface area contributed by atoms with E-state index < -0.39 is 0 Å². The summed E-state index contributed by atoms with van der Waals surface area (Å²) in [5.74, 6) is 1.03. The van der Waals surface area contributed by atoms with E-state index in [4.69, 9.17) is 0 Å². The molecule has 0 radical (unpaired) electrons. The van der Waals surface area contributed by atoms with E-state index >= 15 is 0 Å². The van der Waals surface area contributed by atoms with Crippen molar-refractivity contribution < 1.29 is 4.79 Å². The molecule has 1 atom stereocenters. The molecule has 0 bridgehead atoms. The summed E-state index contributed by atoms with van der Waals surface area (Å²) in [7, 11) is 0. The maximum atomic E-state index is 10.6. The SMILES string of the molecule is CC(=O)CC1CC1(C)C. The topological polar surface area (TPSA) is 17.1 Å². The molecule has 52 valence electrons. The third-order valence-electron chi connectivity index (χ3n) is 2.25. The Morgan fingerprint density at radius 1 is 1.67 bits per heavy atom. The molecule has 9 heavy (non-hydrogen) atoms. The van der Waals surface area contributed by atoms with Crippen LogP contribution in [0.1, 0.15) is 33.6 Å². The molecule has 1 aliphatic rings. The van der Waals surface area contributed by atoms with Gasteiger partial charge in [-0.1, -0.05) is 13.8 Å². The summed E-state index contributed by atoms with van der Waals surface area (Å²) in [6.45, 7) is 6.12. The van der Waals surface area contributed by atoms with Crippen LogP contribution in [0.15, 0.2) is 0 Å². The zero-order valence-electron chi connectivity index (χ0n) is 6.40. The van der Waals surface area contributed by atoms with Gasteiger partial charge in [-0.25, -0.2) is 0 Å². The number of carbonyl (C=O) groups excluding carboxylic acids is 1. The Balaban J connectivity index is 2.28. The van der Waals surface area contributed by atoms with Crippen LogP contribution < -0.4 is 0 Å². The largest absolute Gasteiger partial charge is 0.300 e. The summed E-state index contributed by atoms with van der Waals surface area (Å²) in [6, 6.07) is 0. The molecule has 1 saturated carbocycles. The predicted molar refractivity (Wildman–Crippen MR) is 37.2 cm³/mol. The van der Waals surface area contributed by atoms with Gasteiger partial charge in [0.25, 0.3) is 0 Å². The molecule has 0 aromatic rings. The first-order valence-corrected chi connectivity index (χ1v) is 3.52. The molecule has 1 fully saturated rings. The number of hydrogen-bond donors (Lipinski definition) is 0. The van der Waals surface area contributed by atoms with Crippen LogP contribution in [0.5, 0.6) is 0 Å². The van der Waals surface area contributed by atoms with Crippen LogP contribution in [0.2, 0.25) is 0 Å². The van der Waals surface area contributed by atoms with Gasteiger partial charge in [0.2, 0.25) is 0 Å². The molecule has 0 saturated heterocycles. The van der Waals surface area contributed by atoms with Crippen molar-refractivity contribution >= 4 is 5.78 Å². The third-order valence-corrected chi connectivity index (χ3v) is 2.25. The van der Waals surface area contributed by atoms with Crippen LogP contribution >= 0.6 is 0 Å². The Bertz CT molecular complexity index is 136. The number of carbonyl (C=O) groups is 1. The van der Waals surface area contributed by atoms with Gasteiger partial charge in [0.05, 0.1) is 0 Å². The summed E-state index contributed by atoms with van der Waals surface area (Å²) in [4.78, 5) is 10.6. The molecule has 1 heteroatoms. The Hall–Kier alpha value is -0.330. The average Bonchev–Trinajstić information content (AvgIpc) is 2.10. The number of hydrogen-bond acceptors (Lipinski definition) is 1. The molecule has 1 rings (SSSR count). The van der Waals surface area contributed by atoms with Crippen molar-refractivity contribution in [2.24, 2.45) is 11.3 Å². The van der Waals surface area contributed by atoms with Crippen LogP contribution in [0, 0.1) is 11.3 Å². The van der Waals surface area contributed by atoms with Crippen LogP contribution in [-0.4, -0.2) is 5.78 Å². The lowest BCUT2D eigenvalue weighted by molar-refractivity contribution is -0.117. The average molecular weight is 126 g/mol. The minimum absolute atomic E-state index is 0.338. The molecule has 1 unspecified atom stereocenters. The van der Waals surface area contributed by atoms with E-state index in [2.05, 4.69) is 13.8 Å². The van der Waals surface area contributed by atoms with E-state index in [0.29, 0.717) is 17.1 Å². The van der Waals surface area contributed by atoms with Gasteiger partial charge in [-0.2, -0.15) is 0 Å². The van der Waals surface area contributed by atoms with Crippen molar-refractivity contribution in [3.63, 3.8) is 0 Å². The lowest BCUT2D eigenvalue weighted by Gasteiger charge is -1.98. The molecular weight excluding hydrogens is 112 g/mol. The predicted octanol–water partition coefficient (Wildman–Crippen LogP) is 2.01. The second kappa shape index (κ2) is 1.83. The monoisotopic (exact) mass is 126 g/mol. The summed E-state index contributed by atoms with van der Waals surface area (Å²) < 4.78 is 0. The second-order valence-corrected chi connectivity index (χ2v) is 3.80. The van der Waals surface area contributed by atoms with Gasteiger partial charge >= 0.3 is 0 Å². The number of rotatable bonds is 2. The maximum absolute atomic E-state index is 10.6. The maximum Gasteiger partial charge on any atom is 0.130 e. The first kappa shape index (κ1) is 6.79. The highest BCUT2D eigenvalue weighted by atomic mass is 16.1. The molecular formula is C8H14O. The second-order valence-electron chi connectivity index (χ2n) is 3.80. The standard InChI is InChI=1S/C8H14O/c1-6(9)4-7-5-8(7,2)3/h7H,4-5H2,1-3H3. The molecule has 1 aliphatic carbocycles. The highest BCUT2D eigenvalue weighted by Crippen LogP contribution is 2.53. The summed E-state index contributed by atoms with van der Waals surface area (Å²) in [6.07, 6.45) is 2.04. The minimum Gasteiger partial charge on any atom is -0.300 e. The van der Waals surface area contributed by atoms with E-state index in [-0.39, 0.29) is 0 Å². The van der Waals surface area contributed by atoms with Crippen molar-refractivity contribution in [1.82, 2.24) is 0 Å². The fourth-order valence-electron chi connectivity index (χ4n) is 1.27. The summed E-state index contributed by atoms with van der Waals surface area (Å²) in [5.41, 5.74) is 0.478. The van der Waals surface area contributed by atoms with Gasteiger partial charge in [-0.3, -0.25) is 0 Å². The molecule has 0 aromatic carbocycles. The molecule has 0 aliphatic heterocycles. The molecule has 0 heterocycles. The third kappa shape index (κ3) is 1.54. The van der Waals surface area contributed by atoms with E-state index in [1.54, 1.807) is 6.92 Å². The fraction of sp³-hybridized carbons (Fsp3) is 0.875. The van der Waals surface area contributed by atoms with Gasteiger partial charge in [0, 0.05) is 6.42 Å². The van der Waals surface area contributed by atoms with Crippen molar-refractivity contribution in [3.05, 3.63) is 0 Å². The van der Waals surface area contributed by atoms with Crippen LogP contribution in [-0.2, 0) is 4.79 Å². The van der Waals surface area contributed by atoms with Crippen molar-refractivity contribution in [2.45, 2.75) is 33.6 Å². The van der Waals surface area contributed by atoms with Crippen LogP contribution in [0.3, 0.4) is 0 Å². The van der Waals surface area contributed by atoms with Crippen LogP contribution in [0.25, 0.3) is 0 Å². The number of Topliss-reactive ketones (excluding diaryl/α,β-unsaturated/α-hetero) is 1. The first-order chi connectivity index (χ1) is 4.02. The van der Waals surface area contributed by atoms with Crippen molar-refractivity contribution in [3.8, 4) is 0 Å². The Labute approximate surface area is 56.4 Å². The molecule has 0 amide bonds.